The third-order valence-electron chi connectivity index (χ3n) is 10.3. The molecule has 4 nitrogen and oxygen atoms in total. The molecule has 1 saturated heterocycles. The summed E-state index contributed by atoms with van der Waals surface area (Å²) in [5.74, 6) is 0. The first kappa shape index (κ1) is 45.3. The first-order valence-electron chi connectivity index (χ1n) is 21.6. The fourth-order valence-electron chi connectivity index (χ4n) is 6.88. The van der Waals surface area contributed by atoms with E-state index in [1.54, 1.807) is 0 Å². The van der Waals surface area contributed by atoms with Gasteiger partial charge in [0.15, 0.2) is 0 Å². The highest BCUT2D eigenvalue weighted by molar-refractivity contribution is 4.82. The van der Waals surface area contributed by atoms with Crippen molar-refractivity contribution in [2.75, 3.05) is 59.7 Å². The number of unbranched alkanes of at least 4 members (excludes halogenated alkanes) is 24. The molecule has 1 unspecified atom stereocenters. The van der Waals surface area contributed by atoms with Crippen molar-refractivity contribution in [2.24, 2.45) is 0 Å². The van der Waals surface area contributed by atoms with Crippen LogP contribution in [0, 0.1) is 0 Å². The van der Waals surface area contributed by atoms with Crippen LogP contribution in [-0.2, 0) is 14.2 Å². The number of nitrogens with zero attached hydrogens (tertiary/aromatic N) is 1. The molecule has 1 rings (SSSR count). The Bertz CT molecular complexity index is 687. The van der Waals surface area contributed by atoms with Crippen molar-refractivity contribution in [3.8, 4) is 0 Å². The molecular formula is C44H86NO3+. The predicted molar refractivity (Wildman–Crippen MR) is 211 cm³/mol. The van der Waals surface area contributed by atoms with Crippen molar-refractivity contribution in [3.05, 3.63) is 24.3 Å². The van der Waals surface area contributed by atoms with Crippen molar-refractivity contribution < 1.29 is 18.7 Å². The molecule has 0 N–H and O–H groups in total. The first-order valence-corrected chi connectivity index (χ1v) is 21.6. The van der Waals surface area contributed by atoms with Crippen LogP contribution in [0.2, 0.25) is 0 Å². The summed E-state index contributed by atoms with van der Waals surface area (Å²) in [7, 11) is 2.37. The summed E-state index contributed by atoms with van der Waals surface area (Å²) in [6.45, 7) is 12.0. The molecule has 4 heteroatoms. The first-order chi connectivity index (χ1) is 23.7. The van der Waals surface area contributed by atoms with Crippen molar-refractivity contribution in [3.63, 3.8) is 0 Å². The van der Waals surface area contributed by atoms with Crippen molar-refractivity contribution in [1.82, 2.24) is 0 Å². The van der Waals surface area contributed by atoms with E-state index in [2.05, 4.69) is 45.2 Å². The summed E-state index contributed by atoms with van der Waals surface area (Å²) < 4.78 is 19.4. The molecule has 1 atom stereocenters. The Labute approximate surface area is 301 Å². The van der Waals surface area contributed by atoms with Gasteiger partial charge in [0.25, 0.3) is 0 Å². The molecule has 0 saturated carbocycles. The van der Waals surface area contributed by atoms with Crippen LogP contribution in [-0.4, -0.2) is 70.3 Å². The molecule has 1 aliphatic heterocycles. The second-order valence-electron chi connectivity index (χ2n) is 15.3. The van der Waals surface area contributed by atoms with Gasteiger partial charge >= 0.3 is 0 Å². The van der Waals surface area contributed by atoms with E-state index < -0.39 is 0 Å². The Balaban J connectivity index is 2.04. The molecule has 0 spiro atoms. The van der Waals surface area contributed by atoms with Gasteiger partial charge in [0.2, 0.25) is 0 Å². The molecular weight excluding hydrogens is 590 g/mol. The zero-order valence-corrected chi connectivity index (χ0v) is 33.0. The molecule has 1 heterocycles. The van der Waals surface area contributed by atoms with Gasteiger partial charge in [-0.25, -0.2) is 0 Å². The van der Waals surface area contributed by atoms with E-state index in [4.69, 9.17) is 14.2 Å². The second-order valence-corrected chi connectivity index (χ2v) is 15.3. The zero-order chi connectivity index (χ0) is 34.5. The lowest BCUT2D eigenvalue weighted by molar-refractivity contribution is -0.919. The monoisotopic (exact) mass is 677 g/mol. The smallest absolute Gasteiger partial charge is 0.130 e. The topological polar surface area (TPSA) is 27.7 Å². The quantitative estimate of drug-likeness (QED) is 0.0372. The zero-order valence-electron chi connectivity index (χ0n) is 33.0. The average molecular weight is 677 g/mol. The predicted octanol–water partition coefficient (Wildman–Crippen LogP) is 12.9. The Morgan fingerprint density at radius 1 is 0.500 bits per heavy atom. The standard InChI is InChI=1S/C44H86NO3/c1-4-6-8-10-12-14-16-18-20-22-24-26-28-30-32-34-38-47-43-44(42-45(3)36-40-46-41-37-45)48-39-35-33-31-29-27-25-23-21-19-17-15-13-11-9-7-5-2/h18-21,44H,4-17,22-43H2,1-3H3/q+1/b20-18-,21-19-. The molecule has 0 aromatic carbocycles. The summed E-state index contributed by atoms with van der Waals surface area (Å²) in [6.07, 6.45) is 47.6. The number of ether oxygens (including phenoxy) is 3. The van der Waals surface area contributed by atoms with Crippen LogP contribution in [0.3, 0.4) is 0 Å². The SMILES string of the molecule is CCCCCCCC/C=C\CCCCCCCCOCC(C[N+]1(C)CCOCC1)OCCCCCCCC/C=C\CCCCCCCC. The van der Waals surface area contributed by atoms with Gasteiger partial charge in [0.1, 0.15) is 25.7 Å². The Morgan fingerprint density at radius 2 is 0.875 bits per heavy atom. The van der Waals surface area contributed by atoms with Crippen LogP contribution >= 0.6 is 0 Å². The van der Waals surface area contributed by atoms with Crippen LogP contribution in [0.4, 0.5) is 0 Å². The Morgan fingerprint density at radius 3 is 1.31 bits per heavy atom. The van der Waals surface area contributed by atoms with Gasteiger partial charge in [-0.3, -0.25) is 0 Å². The third-order valence-corrected chi connectivity index (χ3v) is 10.3. The number of likely N-dealkylation sites (N-methyl/N-ethyl adjacent to an activating group) is 1. The minimum absolute atomic E-state index is 0.199. The normalized spacial score (nSPS) is 15.6. The van der Waals surface area contributed by atoms with Gasteiger partial charge in [-0.05, 0) is 64.2 Å². The summed E-state index contributed by atoms with van der Waals surface area (Å²) in [5, 5.41) is 0. The molecule has 284 valence electrons. The van der Waals surface area contributed by atoms with E-state index in [1.165, 1.54) is 180 Å². The lowest BCUT2D eigenvalue weighted by Gasteiger charge is -2.39. The number of hydrogen-bond donors (Lipinski definition) is 0. The molecule has 1 aliphatic rings. The average Bonchev–Trinajstić information content (AvgIpc) is 3.09. The fraction of sp³-hybridized carbons (Fsp3) is 0.909. The highest BCUT2D eigenvalue weighted by atomic mass is 16.5. The number of quaternary nitrogens is 1. The molecule has 0 aromatic rings. The van der Waals surface area contributed by atoms with Gasteiger partial charge in [0, 0.05) is 13.2 Å². The van der Waals surface area contributed by atoms with Crippen LogP contribution in [0.5, 0.6) is 0 Å². The second kappa shape index (κ2) is 36.1. The van der Waals surface area contributed by atoms with Crippen molar-refractivity contribution in [2.45, 2.75) is 200 Å². The highest BCUT2D eigenvalue weighted by Gasteiger charge is 2.29. The maximum Gasteiger partial charge on any atom is 0.130 e. The van der Waals surface area contributed by atoms with Gasteiger partial charge < -0.3 is 18.7 Å². The summed E-state index contributed by atoms with van der Waals surface area (Å²) in [5.41, 5.74) is 0. The van der Waals surface area contributed by atoms with Crippen LogP contribution in [0.1, 0.15) is 194 Å². The molecule has 0 radical (unpaired) electrons. The number of hydrogen-bond acceptors (Lipinski definition) is 3. The van der Waals surface area contributed by atoms with E-state index in [0.717, 1.165) is 57.2 Å². The summed E-state index contributed by atoms with van der Waals surface area (Å²) >= 11 is 0. The van der Waals surface area contributed by atoms with Crippen LogP contribution < -0.4 is 0 Å². The molecule has 0 aliphatic carbocycles. The van der Waals surface area contributed by atoms with E-state index in [1.807, 2.05) is 0 Å². The van der Waals surface area contributed by atoms with E-state index in [0.29, 0.717) is 0 Å². The van der Waals surface area contributed by atoms with Gasteiger partial charge in [-0.2, -0.15) is 0 Å². The molecule has 1 fully saturated rings. The molecule has 48 heavy (non-hydrogen) atoms. The minimum Gasteiger partial charge on any atom is -0.379 e. The maximum atomic E-state index is 6.47. The van der Waals surface area contributed by atoms with Gasteiger partial charge in [-0.1, -0.05) is 154 Å². The minimum atomic E-state index is 0.199. The molecule has 0 amide bonds. The Hall–Kier alpha value is -0.680. The largest absolute Gasteiger partial charge is 0.379 e. The van der Waals surface area contributed by atoms with Gasteiger partial charge in [-0.15, -0.1) is 0 Å². The Kier molecular flexibility index (Phi) is 34.1. The lowest BCUT2D eigenvalue weighted by atomic mass is 10.1. The van der Waals surface area contributed by atoms with Crippen LogP contribution in [0.15, 0.2) is 24.3 Å². The summed E-state index contributed by atoms with van der Waals surface area (Å²) in [6, 6.07) is 0. The number of allylic oxidation sites excluding steroid dienone is 4. The number of morpholine rings is 1. The van der Waals surface area contributed by atoms with E-state index in [-0.39, 0.29) is 6.10 Å². The lowest BCUT2D eigenvalue weighted by Crippen LogP contribution is -2.56. The maximum absolute atomic E-state index is 6.47. The van der Waals surface area contributed by atoms with Crippen molar-refractivity contribution >= 4 is 0 Å². The fourth-order valence-corrected chi connectivity index (χ4v) is 6.88. The van der Waals surface area contributed by atoms with E-state index in [9.17, 15) is 0 Å². The summed E-state index contributed by atoms with van der Waals surface area (Å²) in [4.78, 5) is 0. The third kappa shape index (κ3) is 31.3. The van der Waals surface area contributed by atoms with Crippen LogP contribution in [0.25, 0.3) is 0 Å². The van der Waals surface area contributed by atoms with E-state index >= 15 is 0 Å². The highest BCUT2D eigenvalue weighted by Crippen LogP contribution is 2.15. The molecule has 0 aromatic heterocycles. The van der Waals surface area contributed by atoms with Gasteiger partial charge in [0.05, 0.1) is 26.9 Å². The molecule has 0 bridgehead atoms. The van der Waals surface area contributed by atoms with Crippen molar-refractivity contribution in [1.29, 1.82) is 0 Å². The number of rotatable bonds is 37.